The molecule has 1 aliphatic rings. The van der Waals surface area contributed by atoms with E-state index in [-0.39, 0.29) is 0 Å². The molecule has 1 fully saturated rings. The molecule has 3 heteroatoms. The van der Waals surface area contributed by atoms with Crippen LogP contribution in [0.2, 0.25) is 0 Å². The number of likely N-dealkylation sites (tertiary alicyclic amines) is 1. The summed E-state index contributed by atoms with van der Waals surface area (Å²) < 4.78 is 0. The molecule has 2 rings (SSSR count). The maximum absolute atomic E-state index is 5.95. The SMILES string of the molecule is CC(N)C1CCN(CCc2ccccn2)CC1. The number of aromatic nitrogens is 1. The van der Waals surface area contributed by atoms with Crippen molar-refractivity contribution in [2.24, 2.45) is 11.7 Å². The normalized spacial score (nSPS) is 20.4. The third-order valence-corrected chi connectivity index (χ3v) is 3.79. The summed E-state index contributed by atoms with van der Waals surface area (Å²) in [7, 11) is 0. The van der Waals surface area contributed by atoms with E-state index in [1.165, 1.54) is 31.6 Å². The van der Waals surface area contributed by atoms with Crippen LogP contribution in [0.3, 0.4) is 0 Å². The fraction of sp³-hybridized carbons (Fsp3) is 0.643. The molecule has 1 saturated heterocycles. The average Bonchev–Trinajstić information content (AvgIpc) is 2.38. The third kappa shape index (κ3) is 3.79. The van der Waals surface area contributed by atoms with E-state index in [4.69, 9.17) is 5.73 Å². The predicted octanol–water partition coefficient (Wildman–Crippen LogP) is 1.68. The summed E-state index contributed by atoms with van der Waals surface area (Å²) in [5.41, 5.74) is 7.15. The second kappa shape index (κ2) is 6.12. The van der Waals surface area contributed by atoms with Gasteiger partial charge in [0.2, 0.25) is 0 Å². The number of pyridine rings is 1. The molecule has 17 heavy (non-hydrogen) atoms. The Bertz CT molecular complexity index is 315. The van der Waals surface area contributed by atoms with E-state index >= 15 is 0 Å². The first-order chi connectivity index (χ1) is 8.25. The summed E-state index contributed by atoms with van der Waals surface area (Å²) in [4.78, 5) is 6.89. The summed E-state index contributed by atoms with van der Waals surface area (Å²) in [6.45, 7) is 5.65. The number of nitrogens with zero attached hydrogens (tertiary/aromatic N) is 2. The van der Waals surface area contributed by atoms with Crippen LogP contribution in [-0.4, -0.2) is 35.6 Å². The molecule has 1 aromatic rings. The summed E-state index contributed by atoms with van der Waals surface area (Å²) in [6, 6.07) is 6.49. The quantitative estimate of drug-likeness (QED) is 0.860. The van der Waals surface area contributed by atoms with Crippen molar-refractivity contribution in [2.45, 2.75) is 32.2 Å². The zero-order valence-corrected chi connectivity index (χ0v) is 10.7. The van der Waals surface area contributed by atoms with Gasteiger partial charge in [0.15, 0.2) is 0 Å². The Morgan fingerprint density at radius 2 is 2.18 bits per heavy atom. The van der Waals surface area contributed by atoms with Gasteiger partial charge in [-0.3, -0.25) is 4.98 Å². The molecule has 0 amide bonds. The van der Waals surface area contributed by atoms with E-state index in [1.807, 2.05) is 12.3 Å². The number of hydrogen-bond donors (Lipinski definition) is 1. The van der Waals surface area contributed by atoms with Gasteiger partial charge in [-0.25, -0.2) is 0 Å². The number of nitrogens with two attached hydrogens (primary N) is 1. The van der Waals surface area contributed by atoms with E-state index in [9.17, 15) is 0 Å². The van der Waals surface area contributed by atoms with Gasteiger partial charge in [-0.1, -0.05) is 6.07 Å². The Labute approximate surface area is 104 Å². The minimum Gasteiger partial charge on any atom is -0.328 e. The van der Waals surface area contributed by atoms with E-state index in [2.05, 4.69) is 28.9 Å². The summed E-state index contributed by atoms with van der Waals surface area (Å²) >= 11 is 0. The molecular weight excluding hydrogens is 210 g/mol. The number of hydrogen-bond acceptors (Lipinski definition) is 3. The van der Waals surface area contributed by atoms with Gasteiger partial charge in [-0.05, 0) is 50.9 Å². The topological polar surface area (TPSA) is 42.1 Å². The molecule has 0 aliphatic carbocycles. The zero-order valence-electron chi connectivity index (χ0n) is 10.7. The van der Waals surface area contributed by atoms with Crippen LogP contribution in [-0.2, 0) is 6.42 Å². The van der Waals surface area contributed by atoms with Crippen LogP contribution in [0.4, 0.5) is 0 Å². The molecule has 0 bridgehead atoms. The molecule has 3 nitrogen and oxygen atoms in total. The summed E-state index contributed by atoms with van der Waals surface area (Å²) in [5.74, 6) is 0.723. The molecule has 0 aromatic carbocycles. The highest BCUT2D eigenvalue weighted by Gasteiger charge is 2.21. The molecule has 2 heterocycles. The van der Waals surface area contributed by atoms with Crippen molar-refractivity contribution in [1.29, 1.82) is 0 Å². The van der Waals surface area contributed by atoms with Crippen LogP contribution >= 0.6 is 0 Å². The second-order valence-corrected chi connectivity index (χ2v) is 5.11. The maximum Gasteiger partial charge on any atom is 0.0416 e. The van der Waals surface area contributed by atoms with Crippen molar-refractivity contribution in [1.82, 2.24) is 9.88 Å². The predicted molar refractivity (Wildman–Crippen MR) is 70.8 cm³/mol. The fourth-order valence-corrected chi connectivity index (χ4v) is 2.52. The van der Waals surface area contributed by atoms with Gasteiger partial charge in [-0.15, -0.1) is 0 Å². The number of piperidine rings is 1. The molecule has 0 saturated carbocycles. The lowest BCUT2D eigenvalue weighted by molar-refractivity contribution is 0.173. The van der Waals surface area contributed by atoms with E-state index in [0.717, 1.165) is 18.9 Å². The van der Waals surface area contributed by atoms with Crippen LogP contribution in [0, 0.1) is 5.92 Å². The molecule has 2 N–H and O–H groups in total. The first kappa shape index (κ1) is 12.5. The fourth-order valence-electron chi connectivity index (χ4n) is 2.52. The lowest BCUT2D eigenvalue weighted by Gasteiger charge is -2.33. The maximum atomic E-state index is 5.95. The summed E-state index contributed by atoms with van der Waals surface area (Å²) in [5, 5.41) is 0. The monoisotopic (exact) mass is 233 g/mol. The molecule has 1 unspecified atom stereocenters. The smallest absolute Gasteiger partial charge is 0.0416 e. The van der Waals surface area contributed by atoms with Crippen molar-refractivity contribution in [3.05, 3.63) is 30.1 Å². The average molecular weight is 233 g/mol. The van der Waals surface area contributed by atoms with Crippen molar-refractivity contribution in [3.63, 3.8) is 0 Å². The molecule has 1 aliphatic heterocycles. The van der Waals surface area contributed by atoms with Crippen LogP contribution in [0.25, 0.3) is 0 Å². The lowest BCUT2D eigenvalue weighted by atomic mass is 9.91. The second-order valence-electron chi connectivity index (χ2n) is 5.11. The zero-order chi connectivity index (χ0) is 12.1. The molecule has 0 radical (unpaired) electrons. The molecule has 1 atom stereocenters. The van der Waals surface area contributed by atoms with Crippen molar-refractivity contribution < 1.29 is 0 Å². The Kier molecular flexibility index (Phi) is 4.51. The van der Waals surface area contributed by atoms with E-state index < -0.39 is 0 Å². The summed E-state index contributed by atoms with van der Waals surface area (Å²) in [6.07, 6.45) is 5.43. The Morgan fingerprint density at radius 1 is 1.41 bits per heavy atom. The van der Waals surface area contributed by atoms with Crippen molar-refractivity contribution >= 4 is 0 Å². The lowest BCUT2D eigenvalue weighted by Crippen LogP contribution is -2.40. The standard InChI is InChI=1S/C14H23N3/c1-12(15)13-5-9-17(10-6-13)11-7-14-4-2-3-8-16-14/h2-4,8,12-13H,5-7,9-11,15H2,1H3. The minimum atomic E-state index is 0.355. The van der Waals surface area contributed by atoms with E-state index in [1.54, 1.807) is 0 Å². The van der Waals surface area contributed by atoms with Gasteiger partial charge in [0.25, 0.3) is 0 Å². The molecule has 0 spiro atoms. The molecular formula is C14H23N3. The van der Waals surface area contributed by atoms with Gasteiger partial charge >= 0.3 is 0 Å². The van der Waals surface area contributed by atoms with Crippen molar-refractivity contribution in [3.8, 4) is 0 Å². The minimum absolute atomic E-state index is 0.355. The first-order valence-electron chi connectivity index (χ1n) is 6.63. The highest BCUT2D eigenvalue weighted by atomic mass is 15.1. The number of rotatable bonds is 4. The third-order valence-electron chi connectivity index (χ3n) is 3.79. The first-order valence-corrected chi connectivity index (χ1v) is 6.63. The van der Waals surface area contributed by atoms with Gasteiger partial charge in [0, 0.05) is 30.9 Å². The van der Waals surface area contributed by atoms with Gasteiger partial charge in [0.05, 0.1) is 0 Å². The Hall–Kier alpha value is -0.930. The van der Waals surface area contributed by atoms with Gasteiger partial charge < -0.3 is 10.6 Å². The van der Waals surface area contributed by atoms with Crippen molar-refractivity contribution in [2.75, 3.05) is 19.6 Å². The van der Waals surface area contributed by atoms with Gasteiger partial charge in [-0.2, -0.15) is 0 Å². The van der Waals surface area contributed by atoms with Crippen LogP contribution in [0.1, 0.15) is 25.5 Å². The van der Waals surface area contributed by atoms with Gasteiger partial charge in [0.1, 0.15) is 0 Å². The highest BCUT2D eigenvalue weighted by Crippen LogP contribution is 2.19. The Morgan fingerprint density at radius 3 is 2.76 bits per heavy atom. The van der Waals surface area contributed by atoms with Crippen LogP contribution < -0.4 is 5.73 Å². The Balaban J connectivity index is 1.72. The van der Waals surface area contributed by atoms with Crippen LogP contribution in [0.5, 0.6) is 0 Å². The molecule has 1 aromatic heterocycles. The highest BCUT2D eigenvalue weighted by molar-refractivity contribution is 5.03. The molecule has 94 valence electrons. The van der Waals surface area contributed by atoms with Crippen LogP contribution in [0.15, 0.2) is 24.4 Å². The van der Waals surface area contributed by atoms with E-state index in [0.29, 0.717) is 6.04 Å². The largest absolute Gasteiger partial charge is 0.328 e.